The summed E-state index contributed by atoms with van der Waals surface area (Å²) in [6, 6.07) is 5.37. The summed E-state index contributed by atoms with van der Waals surface area (Å²) in [7, 11) is 0. The lowest BCUT2D eigenvalue weighted by Gasteiger charge is -2.23. The zero-order valence-corrected chi connectivity index (χ0v) is 10.5. The maximum absolute atomic E-state index is 12.0. The predicted molar refractivity (Wildman–Crippen MR) is 65.1 cm³/mol. The Morgan fingerprint density at radius 2 is 2.11 bits per heavy atom. The van der Waals surface area contributed by atoms with Gasteiger partial charge in [-0.1, -0.05) is 12.1 Å². The van der Waals surface area contributed by atoms with Gasteiger partial charge in [-0.2, -0.15) is 13.2 Å². The summed E-state index contributed by atoms with van der Waals surface area (Å²) < 4.78 is 41.5. The van der Waals surface area contributed by atoms with Gasteiger partial charge in [-0.3, -0.25) is 0 Å². The van der Waals surface area contributed by atoms with Crippen molar-refractivity contribution in [1.82, 2.24) is 0 Å². The standard InChI is InChI=1S/C14H17F3O2/c15-14(16,17)8-3-9-19-13-7-2-4-10-11(13)5-1-6-12(10)18/h2,4,7,12,18H,1,3,5-6,8-9H2. The third-order valence-corrected chi connectivity index (χ3v) is 3.29. The molecule has 0 spiro atoms. The van der Waals surface area contributed by atoms with Crippen LogP contribution in [0.15, 0.2) is 18.2 Å². The Morgan fingerprint density at radius 3 is 2.84 bits per heavy atom. The second kappa shape index (κ2) is 5.82. The van der Waals surface area contributed by atoms with Crippen LogP contribution in [-0.2, 0) is 6.42 Å². The first-order valence-corrected chi connectivity index (χ1v) is 6.47. The molecule has 0 radical (unpaired) electrons. The van der Waals surface area contributed by atoms with E-state index >= 15 is 0 Å². The number of benzene rings is 1. The number of halogens is 3. The van der Waals surface area contributed by atoms with E-state index in [1.165, 1.54) is 0 Å². The molecule has 1 aromatic carbocycles. The van der Waals surface area contributed by atoms with Gasteiger partial charge < -0.3 is 9.84 Å². The van der Waals surface area contributed by atoms with E-state index in [4.69, 9.17) is 4.74 Å². The van der Waals surface area contributed by atoms with Gasteiger partial charge >= 0.3 is 6.18 Å². The van der Waals surface area contributed by atoms with Crippen molar-refractivity contribution in [2.24, 2.45) is 0 Å². The zero-order valence-electron chi connectivity index (χ0n) is 10.5. The SMILES string of the molecule is OC1CCCc2c(OCCCC(F)(F)F)cccc21. The number of hydrogen-bond acceptors (Lipinski definition) is 2. The normalized spacial score (nSPS) is 19.1. The van der Waals surface area contributed by atoms with E-state index in [2.05, 4.69) is 0 Å². The molecule has 0 saturated carbocycles. The monoisotopic (exact) mass is 274 g/mol. The molecule has 1 N–H and O–H groups in total. The van der Waals surface area contributed by atoms with Gasteiger partial charge in [0.2, 0.25) is 0 Å². The molecule has 0 fully saturated rings. The highest BCUT2D eigenvalue weighted by molar-refractivity contribution is 5.42. The summed E-state index contributed by atoms with van der Waals surface area (Å²) in [6.45, 7) is 0.0477. The second-order valence-electron chi connectivity index (χ2n) is 4.80. The van der Waals surface area contributed by atoms with Crippen LogP contribution in [0.5, 0.6) is 5.75 Å². The molecule has 5 heteroatoms. The fourth-order valence-electron chi connectivity index (χ4n) is 2.38. The molecule has 0 bridgehead atoms. The van der Waals surface area contributed by atoms with Gasteiger partial charge in [0.1, 0.15) is 5.75 Å². The number of rotatable bonds is 4. The summed E-state index contributed by atoms with van der Waals surface area (Å²) in [4.78, 5) is 0. The van der Waals surface area contributed by atoms with Gasteiger partial charge in [0.25, 0.3) is 0 Å². The molecule has 2 nitrogen and oxygen atoms in total. The van der Waals surface area contributed by atoms with Crippen LogP contribution in [0.1, 0.15) is 42.9 Å². The molecule has 106 valence electrons. The number of hydrogen-bond donors (Lipinski definition) is 1. The highest BCUT2D eigenvalue weighted by atomic mass is 19.4. The van der Waals surface area contributed by atoms with Crippen LogP contribution in [0.4, 0.5) is 13.2 Å². The molecule has 0 amide bonds. The summed E-state index contributed by atoms with van der Waals surface area (Å²) in [5.74, 6) is 0.610. The average Bonchev–Trinajstić information content (AvgIpc) is 2.34. The number of aliphatic hydroxyl groups is 1. The molecule has 0 saturated heterocycles. The third-order valence-electron chi connectivity index (χ3n) is 3.29. The summed E-state index contributed by atoms with van der Waals surface area (Å²) in [5, 5.41) is 9.86. The molecule has 1 aliphatic carbocycles. The highest BCUT2D eigenvalue weighted by Crippen LogP contribution is 2.35. The topological polar surface area (TPSA) is 29.5 Å². The van der Waals surface area contributed by atoms with Gasteiger partial charge in [0.15, 0.2) is 0 Å². The summed E-state index contributed by atoms with van der Waals surface area (Å²) in [6.07, 6.45) is -3.08. The van der Waals surface area contributed by atoms with E-state index in [1.54, 1.807) is 12.1 Å². The molecule has 1 atom stereocenters. The first-order chi connectivity index (χ1) is 8.97. The van der Waals surface area contributed by atoms with Crippen molar-refractivity contribution >= 4 is 0 Å². The maximum atomic E-state index is 12.0. The molecule has 1 aromatic rings. The van der Waals surface area contributed by atoms with Crippen LogP contribution in [-0.4, -0.2) is 17.9 Å². The molecule has 2 rings (SSSR count). The van der Waals surface area contributed by atoms with Crippen LogP contribution in [0, 0.1) is 0 Å². The van der Waals surface area contributed by atoms with Crippen molar-refractivity contribution < 1.29 is 23.0 Å². The molecule has 0 aromatic heterocycles. The third kappa shape index (κ3) is 3.86. The van der Waals surface area contributed by atoms with Crippen molar-refractivity contribution in [3.63, 3.8) is 0 Å². The Bertz CT molecular complexity index is 429. The van der Waals surface area contributed by atoms with E-state index in [1.807, 2.05) is 6.07 Å². The van der Waals surface area contributed by atoms with Crippen LogP contribution < -0.4 is 4.74 Å². The first-order valence-electron chi connectivity index (χ1n) is 6.47. The van der Waals surface area contributed by atoms with E-state index in [0.717, 1.165) is 30.4 Å². The molecule has 1 aliphatic rings. The van der Waals surface area contributed by atoms with Crippen molar-refractivity contribution in [2.45, 2.75) is 44.4 Å². The largest absolute Gasteiger partial charge is 0.493 e. The molecule has 0 heterocycles. The molecular weight excluding hydrogens is 257 g/mol. The Kier molecular flexibility index (Phi) is 4.34. The Labute approximate surface area is 110 Å². The fraction of sp³-hybridized carbons (Fsp3) is 0.571. The van der Waals surface area contributed by atoms with Crippen molar-refractivity contribution in [3.05, 3.63) is 29.3 Å². The maximum Gasteiger partial charge on any atom is 0.389 e. The van der Waals surface area contributed by atoms with E-state index in [0.29, 0.717) is 5.75 Å². The molecular formula is C14H17F3O2. The number of fused-ring (bicyclic) bond motifs is 1. The van der Waals surface area contributed by atoms with E-state index < -0.39 is 18.7 Å². The smallest absolute Gasteiger partial charge is 0.389 e. The lowest BCUT2D eigenvalue weighted by molar-refractivity contribution is -0.136. The minimum Gasteiger partial charge on any atom is -0.493 e. The minimum absolute atomic E-state index is 0.0459. The van der Waals surface area contributed by atoms with Crippen LogP contribution in [0.3, 0.4) is 0 Å². The molecule has 19 heavy (non-hydrogen) atoms. The Balaban J connectivity index is 1.96. The minimum atomic E-state index is -4.13. The van der Waals surface area contributed by atoms with Crippen LogP contribution in [0.25, 0.3) is 0 Å². The van der Waals surface area contributed by atoms with Crippen molar-refractivity contribution in [1.29, 1.82) is 0 Å². The predicted octanol–water partition coefficient (Wildman–Crippen LogP) is 3.78. The molecule has 0 aliphatic heterocycles. The van der Waals surface area contributed by atoms with Crippen LogP contribution in [0.2, 0.25) is 0 Å². The highest BCUT2D eigenvalue weighted by Gasteiger charge is 2.26. The average molecular weight is 274 g/mol. The van der Waals surface area contributed by atoms with Gasteiger partial charge in [0, 0.05) is 6.42 Å². The van der Waals surface area contributed by atoms with Crippen LogP contribution >= 0.6 is 0 Å². The number of ether oxygens (including phenoxy) is 1. The first kappa shape index (κ1) is 14.2. The van der Waals surface area contributed by atoms with Gasteiger partial charge in [-0.25, -0.2) is 0 Å². The van der Waals surface area contributed by atoms with Gasteiger partial charge in [-0.15, -0.1) is 0 Å². The summed E-state index contributed by atoms with van der Waals surface area (Å²) in [5.41, 5.74) is 1.79. The molecule has 1 unspecified atom stereocenters. The van der Waals surface area contributed by atoms with Crippen molar-refractivity contribution in [2.75, 3.05) is 6.61 Å². The van der Waals surface area contributed by atoms with E-state index in [9.17, 15) is 18.3 Å². The lowest BCUT2D eigenvalue weighted by atomic mass is 9.89. The number of aliphatic hydroxyl groups excluding tert-OH is 1. The second-order valence-corrected chi connectivity index (χ2v) is 4.80. The van der Waals surface area contributed by atoms with E-state index in [-0.39, 0.29) is 13.0 Å². The quantitative estimate of drug-likeness (QED) is 0.847. The van der Waals surface area contributed by atoms with Gasteiger partial charge in [-0.05, 0) is 42.9 Å². The zero-order chi connectivity index (χ0) is 13.9. The van der Waals surface area contributed by atoms with Gasteiger partial charge in [0.05, 0.1) is 12.7 Å². The number of alkyl halides is 3. The van der Waals surface area contributed by atoms with Crippen molar-refractivity contribution in [3.8, 4) is 5.75 Å². The Morgan fingerprint density at radius 1 is 1.32 bits per heavy atom. The lowest BCUT2D eigenvalue weighted by Crippen LogP contribution is -2.13. The fourth-order valence-corrected chi connectivity index (χ4v) is 2.38. The Hall–Kier alpha value is -1.23. The summed E-state index contributed by atoms with van der Waals surface area (Å²) >= 11 is 0.